The second-order valence-corrected chi connectivity index (χ2v) is 8.68. The molecule has 0 bridgehead atoms. The molecule has 0 saturated carbocycles. The molecule has 7 heteroatoms. The molecule has 31 heavy (non-hydrogen) atoms. The van der Waals surface area contributed by atoms with Crippen molar-refractivity contribution in [2.75, 3.05) is 18.5 Å². The quantitative estimate of drug-likeness (QED) is 0.600. The van der Waals surface area contributed by atoms with Crippen molar-refractivity contribution in [2.45, 2.75) is 57.5 Å². The summed E-state index contributed by atoms with van der Waals surface area (Å²) in [6.07, 6.45) is 10.3. The first-order chi connectivity index (χ1) is 15.2. The zero-order valence-corrected chi connectivity index (χ0v) is 17.9. The van der Waals surface area contributed by atoms with Crippen molar-refractivity contribution in [3.05, 3.63) is 64.7 Å². The highest BCUT2D eigenvalue weighted by atomic mass is 16.2. The molecule has 162 valence electrons. The van der Waals surface area contributed by atoms with E-state index in [0.717, 1.165) is 63.0 Å². The van der Waals surface area contributed by atoms with E-state index in [2.05, 4.69) is 45.2 Å². The first-order valence-corrected chi connectivity index (χ1v) is 11.4. The molecule has 3 N–H and O–H groups in total. The van der Waals surface area contributed by atoms with Crippen LogP contribution in [0.25, 0.3) is 0 Å². The van der Waals surface area contributed by atoms with Crippen LogP contribution < -0.4 is 16.0 Å². The molecule has 0 radical (unpaired) electrons. The maximum absolute atomic E-state index is 12.6. The molecule has 3 heterocycles. The number of hydrogen-bond acceptors (Lipinski definition) is 6. The van der Waals surface area contributed by atoms with Gasteiger partial charge in [-0.05, 0) is 43.2 Å². The summed E-state index contributed by atoms with van der Waals surface area (Å²) in [7, 11) is 0. The van der Waals surface area contributed by atoms with Crippen LogP contribution in [0.3, 0.4) is 0 Å². The topological polar surface area (TPSA) is 82.2 Å². The van der Waals surface area contributed by atoms with Gasteiger partial charge in [0.1, 0.15) is 0 Å². The Morgan fingerprint density at radius 1 is 1.16 bits per heavy atom. The van der Waals surface area contributed by atoms with Crippen molar-refractivity contribution >= 4 is 11.9 Å². The average molecular weight is 419 g/mol. The van der Waals surface area contributed by atoms with Crippen LogP contribution in [0, 0.1) is 0 Å². The maximum Gasteiger partial charge on any atom is 0.223 e. The summed E-state index contributed by atoms with van der Waals surface area (Å²) in [5.74, 6) is 0.948. The molecular formula is C24H30N6O. The van der Waals surface area contributed by atoms with E-state index in [1.165, 1.54) is 16.8 Å². The zero-order chi connectivity index (χ0) is 21.0. The van der Waals surface area contributed by atoms with Crippen LogP contribution in [0.5, 0.6) is 0 Å². The Morgan fingerprint density at radius 3 is 2.77 bits per heavy atom. The fourth-order valence-corrected chi connectivity index (χ4v) is 4.74. The lowest BCUT2D eigenvalue weighted by Gasteiger charge is -2.28. The van der Waals surface area contributed by atoms with E-state index in [-0.39, 0.29) is 5.91 Å². The molecule has 1 amide bonds. The average Bonchev–Trinajstić information content (AvgIpc) is 3.45. The number of carbonyl (C=O) groups excluding carboxylic acids is 1. The third-order valence-electron chi connectivity index (χ3n) is 6.45. The van der Waals surface area contributed by atoms with Crippen molar-refractivity contribution in [3.8, 4) is 0 Å². The fraction of sp³-hybridized carbons (Fsp3) is 0.458. The van der Waals surface area contributed by atoms with Gasteiger partial charge in [-0.2, -0.15) is 0 Å². The minimum Gasteiger partial charge on any atom is -0.372 e. The van der Waals surface area contributed by atoms with Gasteiger partial charge in [-0.25, -0.2) is 9.97 Å². The van der Waals surface area contributed by atoms with Crippen LogP contribution in [0.4, 0.5) is 5.95 Å². The predicted molar refractivity (Wildman–Crippen MR) is 120 cm³/mol. The molecular weight excluding hydrogens is 388 g/mol. The molecule has 0 fully saturated rings. The lowest BCUT2D eigenvalue weighted by Crippen LogP contribution is -2.36. The van der Waals surface area contributed by atoms with Crippen molar-refractivity contribution in [3.63, 3.8) is 0 Å². The van der Waals surface area contributed by atoms with E-state index in [1.54, 1.807) is 0 Å². The summed E-state index contributed by atoms with van der Waals surface area (Å²) in [5.41, 5.74) is 6.22. The predicted octanol–water partition coefficient (Wildman–Crippen LogP) is 2.49. The second kappa shape index (κ2) is 8.96. The third kappa shape index (κ3) is 4.65. The number of anilines is 1. The number of unbranched alkanes of at least 4 members (excludes halogenated alkanes) is 1. The largest absolute Gasteiger partial charge is 0.372 e. The maximum atomic E-state index is 12.6. The Kier molecular flexibility index (Phi) is 5.74. The SMILES string of the molecule is O=C(CCCCC1=CNCN1)N1CCc2nc(NC3Cc4ccccc4C3)ncc2C1. The fourth-order valence-electron chi connectivity index (χ4n) is 4.74. The van der Waals surface area contributed by atoms with E-state index in [0.29, 0.717) is 25.0 Å². The van der Waals surface area contributed by atoms with Gasteiger partial charge in [0.05, 0.1) is 12.4 Å². The monoisotopic (exact) mass is 418 g/mol. The molecule has 7 nitrogen and oxygen atoms in total. The van der Waals surface area contributed by atoms with Gasteiger partial charge in [0.25, 0.3) is 0 Å². The number of aromatic nitrogens is 2. The molecule has 2 aromatic rings. The number of allylic oxidation sites excluding steroid dienone is 1. The molecule has 0 spiro atoms. The number of nitrogens with one attached hydrogen (secondary N) is 3. The Balaban J connectivity index is 1.11. The smallest absolute Gasteiger partial charge is 0.223 e. The van der Waals surface area contributed by atoms with Gasteiger partial charge < -0.3 is 20.9 Å². The number of benzene rings is 1. The number of carbonyl (C=O) groups is 1. The third-order valence-corrected chi connectivity index (χ3v) is 6.45. The number of nitrogens with zero attached hydrogens (tertiary/aromatic N) is 3. The molecule has 0 saturated heterocycles. The normalized spacial score (nSPS) is 17.4. The van der Waals surface area contributed by atoms with Gasteiger partial charge >= 0.3 is 0 Å². The van der Waals surface area contributed by atoms with Gasteiger partial charge in [0, 0.05) is 55.6 Å². The molecule has 5 rings (SSSR count). The van der Waals surface area contributed by atoms with Crippen LogP contribution in [0.15, 0.2) is 42.4 Å². The molecule has 2 aliphatic heterocycles. The summed E-state index contributed by atoms with van der Waals surface area (Å²) < 4.78 is 0. The Bertz CT molecular complexity index is 963. The van der Waals surface area contributed by atoms with Gasteiger partial charge in [-0.15, -0.1) is 0 Å². The van der Waals surface area contributed by atoms with Gasteiger partial charge in [0.15, 0.2) is 0 Å². The minimum absolute atomic E-state index is 0.239. The first kappa shape index (κ1) is 19.8. The summed E-state index contributed by atoms with van der Waals surface area (Å²) in [5, 5.41) is 9.95. The lowest BCUT2D eigenvalue weighted by molar-refractivity contribution is -0.132. The van der Waals surface area contributed by atoms with Crippen molar-refractivity contribution in [2.24, 2.45) is 0 Å². The second-order valence-electron chi connectivity index (χ2n) is 8.68. The lowest BCUT2D eigenvalue weighted by atomic mass is 10.1. The van der Waals surface area contributed by atoms with E-state index >= 15 is 0 Å². The molecule has 1 aliphatic carbocycles. The van der Waals surface area contributed by atoms with E-state index in [4.69, 9.17) is 4.98 Å². The molecule has 0 unspecified atom stereocenters. The van der Waals surface area contributed by atoms with Crippen LogP contribution in [-0.4, -0.2) is 40.0 Å². The number of fused-ring (bicyclic) bond motifs is 2. The zero-order valence-electron chi connectivity index (χ0n) is 17.9. The first-order valence-electron chi connectivity index (χ1n) is 11.4. The number of amides is 1. The van der Waals surface area contributed by atoms with Crippen LogP contribution in [0.2, 0.25) is 0 Å². The van der Waals surface area contributed by atoms with Crippen LogP contribution in [0.1, 0.15) is 48.1 Å². The summed E-state index contributed by atoms with van der Waals surface area (Å²) in [6.45, 7) is 2.18. The molecule has 0 atom stereocenters. The van der Waals surface area contributed by atoms with Gasteiger partial charge in [-0.3, -0.25) is 4.79 Å². The number of hydrogen-bond donors (Lipinski definition) is 3. The molecule has 1 aromatic carbocycles. The van der Waals surface area contributed by atoms with E-state index < -0.39 is 0 Å². The summed E-state index contributed by atoms with van der Waals surface area (Å²) >= 11 is 0. The van der Waals surface area contributed by atoms with Crippen LogP contribution >= 0.6 is 0 Å². The Morgan fingerprint density at radius 2 is 2.00 bits per heavy atom. The van der Waals surface area contributed by atoms with Crippen molar-refractivity contribution in [1.29, 1.82) is 0 Å². The van der Waals surface area contributed by atoms with Crippen LogP contribution in [-0.2, 0) is 30.6 Å². The highest BCUT2D eigenvalue weighted by Crippen LogP contribution is 2.25. The van der Waals surface area contributed by atoms with E-state index in [1.807, 2.05) is 17.3 Å². The Labute approximate surface area is 183 Å². The summed E-state index contributed by atoms with van der Waals surface area (Å²) in [6, 6.07) is 8.97. The van der Waals surface area contributed by atoms with Crippen molar-refractivity contribution in [1.82, 2.24) is 25.5 Å². The standard InChI is InChI=1S/C24H30N6O/c31-23(8-4-3-7-20-14-25-16-27-20)30-10-9-22-19(15-30)13-26-24(29-22)28-21-11-17-5-1-2-6-18(17)12-21/h1-2,5-6,13-14,21,25,27H,3-4,7-12,15-16H2,(H,26,28,29). The Hall–Kier alpha value is -3.09. The highest BCUT2D eigenvalue weighted by molar-refractivity contribution is 5.76. The number of rotatable bonds is 7. The minimum atomic E-state index is 0.239. The summed E-state index contributed by atoms with van der Waals surface area (Å²) in [4.78, 5) is 23.9. The van der Waals surface area contributed by atoms with E-state index in [9.17, 15) is 4.79 Å². The highest BCUT2D eigenvalue weighted by Gasteiger charge is 2.24. The van der Waals surface area contributed by atoms with Gasteiger partial charge in [0.2, 0.25) is 11.9 Å². The molecule has 3 aliphatic rings. The van der Waals surface area contributed by atoms with Gasteiger partial charge in [-0.1, -0.05) is 24.3 Å². The van der Waals surface area contributed by atoms with Crippen molar-refractivity contribution < 1.29 is 4.79 Å². The molecule has 1 aromatic heterocycles.